The van der Waals surface area contributed by atoms with E-state index in [0.29, 0.717) is 18.7 Å². The van der Waals surface area contributed by atoms with E-state index in [1.165, 1.54) is 26.4 Å². The van der Waals surface area contributed by atoms with E-state index >= 15 is 0 Å². The van der Waals surface area contributed by atoms with Crippen molar-refractivity contribution in [3.8, 4) is 5.75 Å². The maximum atomic E-state index is 11.6. The van der Waals surface area contributed by atoms with Crippen molar-refractivity contribution < 1.29 is 22.7 Å². The van der Waals surface area contributed by atoms with Gasteiger partial charge in [0, 0.05) is 24.3 Å². The number of halogens is 1. The Morgan fingerprint density at radius 2 is 2.05 bits per heavy atom. The third-order valence-corrected chi connectivity index (χ3v) is 3.83. The first-order chi connectivity index (χ1) is 9.38. The van der Waals surface area contributed by atoms with Crippen LogP contribution >= 0.6 is 10.7 Å². The summed E-state index contributed by atoms with van der Waals surface area (Å²) in [6.07, 6.45) is 0.0487. The normalized spacial score (nSPS) is 11.2. The van der Waals surface area contributed by atoms with Crippen molar-refractivity contribution in [2.45, 2.75) is 11.3 Å². The number of benzene rings is 1. The van der Waals surface area contributed by atoms with Crippen LogP contribution in [0.1, 0.15) is 5.56 Å². The van der Waals surface area contributed by atoms with Gasteiger partial charge in [0.2, 0.25) is 5.91 Å². The fraction of sp³-hybridized carbons (Fsp3) is 0.417. The maximum absolute atomic E-state index is 11.6. The molecule has 1 aromatic carbocycles. The monoisotopic (exact) mass is 321 g/mol. The lowest BCUT2D eigenvalue weighted by atomic mass is 10.1. The van der Waals surface area contributed by atoms with Crippen LogP contribution in [0.2, 0.25) is 0 Å². The molecule has 0 atom stereocenters. The van der Waals surface area contributed by atoms with Crippen molar-refractivity contribution in [1.82, 2.24) is 5.32 Å². The molecule has 0 saturated heterocycles. The van der Waals surface area contributed by atoms with E-state index < -0.39 is 9.05 Å². The Hall–Kier alpha value is -1.31. The summed E-state index contributed by atoms with van der Waals surface area (Å²) in [6, 6.07) is 4.41. The van der Waals surface area contributed by atoms with Gasteiger partial charge in [0.1, 0.15) is 10.6 Å². The van der Waals surface area contributed by atoms with Crippen molar-refractivity contribution >= 4 is 25.6 Å². The summed E-state index contributed by atoms with van der Waals surface area (Å²) >= 11 is 0. The first-order valence-corrected chi connectivity index (χ1v) is 8.06. The number of ether oxygens (including phenoxy) is 2. The van der Waals surface area contributed by atoms with Crippen molar-refractivity contribution in [2.24, 2.45) is 0 Å². The second kappa shape index (κ2) is 7.47. The molecule has 0 bridgehead atoms. The molecule has 1 rings (SSSR count). The summed E-state index contributed by atoms with van der Waals surface area (Å²) in [5, 5.41) is 2.64. The second-order valence-electron chi connectivity index (χ2n) is 3.94. The van der Waals surface area contributed by atoms with Crippen LogP contribution in [0, 0.1) is 0 Å². The zero-order chi connectivity index (χ0) is 15.2. The fourth-order valence-electron chi connectivity index (χ4n) is 1.56. The number of hydrogen-bond acceptors (Lipinski definition) is 5. The number of amides is 1. The van der Waals surface area contributed by atoms with Crippen LogP contribution in [-0.2, 0) is 25.0 Å². The van der Waals surface area contributed by atoms with E-state index in [0.717, 1.165) is 0 Å². The van der Waals surface area contributed by atoms with E-state index in [4.69, 9.17) is 20.2 Å². The molecule has 0 aliphatic rings. The fourth-order valence-corrected chi connectivity index (χ4v) is 2.61. The Morgan fingerprint density at radius 1 is 1.35 bits per heavy atom. The van der Waals surface area contributed by atoms with Gasteiger partial charge in [0.15, 0.2) is 0 Å². The Kier molecular flexibility index (Phi) is 6.25. The van der Waals surface area contributed by atoms with Crippen LogP contribution in [-0.4, -0.2) is 41.7 Å². The first kappa shape index (κ1) is 16.7. The summed E-state index contributed by atoms with van der Waals surface area (Å²) in [6.45, 7) is 0.807. The van der Waals surface area contributed by atoms with Gasteiger partial charge in [-0.05, 0) is 17.7 Å². The summed E-state index contributed by atoms with van der Waals surface area (Å²) < 4.78 is 32.6. The van der Waals surface area contributed by atoms with E-state index in [-0.39, 0.29) is 23.0 Å². The zero-order valence-electron chi connectivity index (χ0n) is 11.2. The molecule has 0 heterocycles. The van der Waals surface area contributed by atoms with Crippen molar-refractivity contribution in [3.05, 3.63) is 23.8 Å². The van der Waals surface area contributed by atoms with E-state index in [1.807, 2.05) is 0 Å². The van der Waals surface area contributed by atoms with Gasteiger partial charge < -0.3 is 14.8 Å². The lowest BCUT2D eigenvalue weighted by Crippen LogP contribution is -2.28. The van der Waals surface area contributed by atoms with Crippen LogP contribution in [0.15, 0.2) is 23.1 Å². The highest BCUT2D eigenvalue weighted by Gasteiger charge is 2.18. The molecule has 0 aromatic heterocycles. The second-order valence-corrected chi connectivity index (χ2v) is 6.48. The summed E-state index contributed by atoms with van der Waals surface area (Å²) in [7, 11) is 4.28. The van der Waals surface area contributed by atoms with E-state index in [9.17, 15) is 13.2 Å². The SMILES string of the molecule is COCCNC(=O)Cc1ccc(OC)c(S(=O)(=O)Cl)c1. The summed E-state index contributed by atoms with van der Waals surface area (Å²) in [5.74, 6) is -0.0892. The lowest BCUT2D eigenvalue weighted by Gasteiger charge is -2.09. The maximum Gasteiger partial charge on any atom is 0.264 e. The van der Waals surface area contributed by atoms with Crippen LogP contribution in [0.4, 0.5) is 0 Å². The quantitative estimate of drug-likeness (QED) is 0.597. The highest BCUT2D eigenvalue weighted by atomic mass is 35.7. The van der Waals surface area contributed by atoms with Gasteiger partial charge in [0.25, 0.3) is 9.05 Å². The minimum absolute atomic E-state index is 0.0487. The number of carbonyl (C=O) groups is 1. The molecule has 112 valence electrons. The zero-order valence-corrected chi connectivity index (χ0v) is 12.8. The minimum atomic E-state index is -3.93. The summed E-state index contributed by atoms with van der Waals surface area (Å²) in [4.78, 5) is 11.5. The number of hydrogen-bond donors (Lipinski definition) is 1. The van der Waals surface area contributed by atoms with Crippen molar-refractivity contribution in [1.29, 1.82) is 0 Å². The molecule has 6 nitrogen and oxygen atoms in total. The molecule has 1 amide bonds. The van der Waals surface area contributed by atoms with Crippen LogP contribution in [0.5, 0.6) is 5.75 Å². The smallest absolute Gasteiger partial charge is 0.264 e. The molecule has 1 N–H and O–H groups in total. The Labute approximate surface area is 122 Å². The molecule has 20 heavy (non-hydrogen) atoms. The number of methoxy groups -OCH3 is 2. The summed E-state index contributed by atoms with van der Waals surface area (Å²) in [5.41, 5.74) is 0.528. The van der Waals surface area contributed by atoms with Crippen LogP contribution < -0.4 is 10.1 Å². The predicted molar refractivity (Wildman–Crippen MR) is 74.6 cm³/mol. The molecule has 1 aromatic rings. The molecule has 0 radical (unpaired) electrons. The molecule has 0 unspecified atom stereocenters. The number of carbonyl (C=O) groups excluding carboxylic acids is 1. The van der Waals surface area contributed by atoms with E-state index in [2.05, 4.69) is 5.32 Å². The van der Waals surface area contributed by atoms with Gasteiger partial charge >= 0.3 is 0 Å². The molecule has 8 heteroatoms. The average Bonchev–Trinajstić information content (AvgIpc) is 2.38. The van der Waals surface area contributed by atoms with Crippen LogP contribution in [0.25, 0.3) is 0 Å². The average molecular weight is 322 g/mol. The van der Waals surface area contributed by atoms with Gasteiger partial charge in [-0.1, -0.05) is 6.07 Å². The minimum Gasteiger partial charge on any atom is -0.495 e. The van der Waals surface area contributed by atoms with Gasteiger partial charge in [-0.2, -0.15) is 0 Å². The Balaban J connectivity index is 2.85. The van der Waals surface area contributed by atoms with Gasteiger partial charge in [-0.25, -0.2) is 8.42 Å². The largest absolute Gasteiger partial charge is 0.495 e. The molecule has 0 fully saturated rings. The van der Waals surface area contributed by atoms with Gasteiger partial charge in [-0.3, -0.25) is 4.79 Å². The lowest BCUT2D eigenvalue weighted by molar-refractivity contribution is -0.120. The molecular weight excluding hydrogens is 306 g/mol. The highest BCUT2D eigenvalue weighted by molar-refractivity contribution is 8.13. The van der Waals surface area contributed by atoms with Gasteiger partial charge in [-0.15, -0.1) is 0 Å². The predicted octanol–water partition coefficient (Wildman–Crippen LogP) is 0.928. The highest BCUT2D eigenvalue weighted by Crippen LogP contribution is 2.27. The molecule has 0 aliphatic heterocycles. The first-order valence-electron chi connectivity index (χ1n) is 5.75. The molecule has 0 spiro atoms. The molecule has 0 aliphatic carbocycles. The number of nitrogens with one attached hydrogen (secondary N) is 1. The molecule has 0 saturated carbocycles. The third-order valence-electron chi connectivity index (χ3n) is 2.48. The molecular formula is C12H16ClNO5S. The topological polar surface area (TPSA) is 81.7 Å². The Bertz CT molecular complexity index is 573. The van der Waals surface area contributed by atoms with Gasteiger partial charge in [0.05, 0.1) is 20.1 Å². The third kappa shape index (κ3) is 4.99. The van der Waals surface area contributed by atoms with Crippen LogP contribution in [0.3, 0.4) is 0 Å². The number of rotatable bonds is 7. The van der Waals surface area contributed by atoms with Crippen molar-refractivity contribution in [2.75, 3.05) is 27.4 Å². The van der Waals surface area contributed by atoms with Crippen molar-refractivity contribution in [3.63, 3.8) is 0 Å². The standard InChI is InChI=1S/C12H16ClNO5S/c1-18-6-5-14-12(15)8-9-3-4-10(19-2)11(7-9)20(13,16)17/h3-4,7H,5-6,8H2,1-2H3,(H,14,15). The Morgan fingerprint density at radius 3 is 2.60 bits per heavy atom. The van der Waals surface area contributed by atoms with E-state index in [1.54, 1.807) is 6.07 Å².